The molecule has 96 valence electrons. The average Bonchev–Trinajstić information content (AvgIpc) is 2.68. The van der Waals surface area contributed by atoms with Crippen molar-refractivity contribution in [2.45, 2.75) is 26.2 Å². The van der Waals surface area contributed by atoms with Crippen molar-refractivity contribution in [2.24, 2.45) is 0 Å². The van der Waals surface area contributed by atoms with Gasteiger partial charge in [-0.1, -0.05) is 36.5 Å². The highest BCUT2D eigenvalue weighted by atomic mass is 35.5. The Morgan fingerprint density at radius 2 is 2.17 bits per heavy atom. The van der Waals surface area contributed by atoms with Crippen molar-refractivity contribution >= 4 is 23.2 Å². The lowest BCUT2D eigenvalue weighted by Crippen LogP contribution is -2.13. The third-order valence-corrected chi connectivity index (χ3v) is 3.01. The molecule has 1 aromatic carbocycles. The zero-order valence-electron chi connectivity index (χ0n) is 9.82. The molecule has 0 amide bonds. The van der Waals surface area contributed by atoms with E-state index in [2.05, 4.69) is 12.0 Å². The number of nitrogens with zero attached hydrogens (tertiary/aromatic N) is 2. The number of aryl methyl sites for hydroxylation is 1. The molecule has 0 atom stereocenters. The smallest absolute Gasteiger partial charge is 0.392 e. The summed E-state index contributed by atoms with van der Waals surface area (Å²) in [5, 5.41) is 4.99. The van der Waals surface area contributed by atoms with Crippen LogP contribution in [0.3, 0.4) is 0 Å². The highest BCUT2D eigenvalue weighted by Gasteiger charge is 2.12. The molecule has 0 aliphatic carbocycles. The van der Waals surface area contributed by atoms with Crippen LogP contribution in [0.15, 0.2) is 27.4 Å². The largest absolute Gasteiger partial charge is 0.442 e. The van der Waals surface area contributed by atoms with Gasteiger partial charge in [0.15, 0.2) is 0 Å². The summed E-state index contributed by atoms with van der Waals surface area (Å²) in [5.41, 5.74) is 0.470. The van der Waals surface area contributed by atoms with E-state index < -0.39 is 5.76 Å². The Kier molecular flexibility index (Phi) is 4.09. The molecule has 4 nitrogen and oxygen atoms in total. The van der Waals surface area contributed by atoms with Gasteiger partial charge in [0.2, 0.25) is 5.89 Å². The Labute approximate surface area is 114 Å². The maximum Gasteiger partial charge on any atom is 0.442 e. The van der Waals surface area contributed by atoms with Crippen LogP contribution in [-0.4, -0.2) is 9.78 Å². The molecule has 0 spiro atoms. The molecule has 0 saturated heterocycles. The number of unbranched alkanes of at least 4 members (excludes halogenated alkanes) is 1. The van der Waals surface area contributed by atoms with E-state index in [4.69, 9.17) is 27.6 Å². The first kappa shape index (κ1) is 13.2. The van der Waals surface area contributed by atoms with E-state index in [9.17, 15) is 4.79 Å². The first-order chi connectivity index (χ1) is 8.61. The Hall–Kier alpha value is -1.26. The summed E-state index contributed by atoms with van der Waals surface area (Å²) in [7, 11) is 0. The molecule has 0 N–H and O–H groups in total. The minimum atomic E-state index is -0.537. The molecule has 1 heterocycles. The summed E-state index contributed by atoms with van der Waals surface area (Å²) >= 11 is 11.8. The van der Waals surface area contributed by atoms with E-state index >= 15 is 0 Å². The Bertz CT molecular complexity index is 604. The maximum atomic E-state index is 11.7. The fourth-order valence-electron chi connectivity index (χ4n) is 1.55. The van der Waals surface area contributed by atoms with E-state index in [1.54, 1.807) is 18.2 Å². The molecule has 0 aliphatic heterocycles. The van der Waals surface area contributed by atoms with Crippen LogP contribution in [0, 0.1) is 0 Å². The number of rotatable bonds is 4. The zero-order chi connectivity index (χ0) is 13.1. The van der Waals surface area contributed by atoms with Crippen LogP contribution < -0.4 is 5.76 Å². The summed E-state index contributed by atoms with van der Waals surface area (Å²) < 4.78 is 6.22. The summed E-state index contributed by atoms with van der Waals surface area (Å²) in [6.45, 7) is 2.06. The van der Waals surface area contributed by atoms with Crippen molar-refractivity contribution in [2.75, 3.05) is 0 Å². The topological polar surface area (TPSA) is 48.0 Å². The van der Waals surface area contributed by atoms with Crippen LogP contribution in [0.5, 0.6) is 0 Å². The van der Waals surface area contributed by atoms with Gasteiger partial charge in [0.05, 0.1) is 10.7 Å². The van der Waals surface area contributed by atoms with Gasteiger partial charge in [-0.2, -0.15) is 4.68 Å². The van der Waals surface area contributed by atoms with Crippen LogP contribution in [0.25, 0.3) is 5.69 Å². The van der Waals surface area contributed by atoms with E-state index in [1.807, 2.05) is 0 Å². The maximum absolute atomic E-state index is 11.7. The average molecular weight is 287 g/mol. The van der Waals surface area contributed by atoms with Crippen molar-refractivity contribution < 1.29 is 4.42 Å². The van der Waals surface area contributed by atoms with Gasteiger partial charge in [-0.05, 0) is 24.6 Å². The van der Waals surface area contributed by atoms with E-state index in [0.29, 0.717) is 28.0 Å². The van der Waals surface area contributed by atoms with Gasteiger partial charge in [-0.3, -0.25) is 0 Å². The second-order valence-electron chi connectivity index (χ2n) is 3.87. The summed E-state index contributed by atoms with van der Waals surface area (Å²) in [6, 6.07) is 4.85. The lowest BCUT2D eigenvalue weighted by atomic mass is 10.2. The van der Waals surface area contributed by atoms with Gasteiger partial charge in [-0.25, -0.2) is 4.79 Å². The monoisotopic (exact) mass is 286 g/mol. The predicted octanol–water partition coefficient (Wildman–Crippen LogP) is 3.47. The normalized spacial score (nSPS) is 10.8. The van der Waals surface area contributed by atoms with Gasteiger partial charge in [0, 0.05) is 11.4 Å². The van der Waals surface area contributed by atoms with Crippen LogP contribution in [0.1, 0.15) is 25.7 Å². The van der Waals surface area contributed by atoms with Crippen LogP contribution >= 0.6 is 23.2 Å². The lowest BCUT2D eigenvalue weighted by Gasteiger charge is -2.01. The molecule has 2 aromatic rings. The van der Waals surface area contributed by atoms with Gasteiger partial charge < -0.3 is 4.42 Å². The fourth-order valence-corrected chi connectivity index (χ4v) is 2.04. The van der Waals surface area contributed by atoms with Crippen molar-refractivity contribution in [3.05, 3.63) is 44.7 Å². The number of hydrogen-bond acceptors (Lipinski definition) is 3. The first-order valence-electron chi connectivity index (χ1n) is 5.66. The van der Waals surface area contributed by atoms with Crippen molar-refractivity contribution in [1.82, 2.24) is 9.78 Å². The first-order valence-corrected chi connectivity index (χ1v) is 6.42. The molecule has 6 heteroatoms. The van der Waals surface area contributed by atoms with Crippen LogP contribution in [-0.2, 0) is 6.42 Å². The molecule has 0 aliphatic rings. The molecule has 0 unspecified atom stereocenters. The molecule has 0 bridgehead atoms. The molecule has 2 rings (SSSR count). The molecule has 0 saturated carbocycles. The van der Waals surface area contributed by atoms with Gasteiger partial charge in [0.25, 0.3) is 0 Å². The van der Waals surface area contributed by atoms with Crippen molar-refractivity contribution in [3.8, 4) is 5.69 Å². The third kappa shape index (κ3) is 2.76. The quantitative estimate of drug-likeness (QED) is 0.865. The van der Waals surface area contributed by atoms with E-state index in [0.717, 1.165) is 17.5 Å². The predicted molar refractivity (Wildman–Crippen MR) is 70.7 cm³/mol. The molecule has 1 aromatic heterocycles. The van der Waals surface area contributed by atoms with Gasteiger partial charge >= 0.3 is 5.76 Å². The number of halogens is 2. The standard InChI is InChI=1S/C12H12Cl2N2O2/c1-2-3-4-11-15-16(12(17)18-11)10-6-5-8(13)7-9(10)14/h5-7H,2-4H2,1H3. The minimum Gasteiger partial charge on any atom is -0.392 e. The van der Waals surface area contributed by atoms with E-state index in [-0.39, 0.29) is 0 Å². The number of aromatic nitrogens is 2. The highest BCUT2D eigenvalue weighted by Crippen LogP contribution is 2.23. The molecule has 18 heavy (non-hydrogen) atoms. The Morgan fingerprint density at radius 3 is 2.83 bits per heavy atom. The zero-order valence-corrected chi connectivity index (χ0v) is 11.3. The van der Waals surface area contributed by atoms with Crippen molar-refractivity contribution in [3.63, 3.8) is 0 Å². The SMILES string of the molecule is CCCCc1nn(-c2ccc(Cl)cc2Cl)c(=O)o1. The summed E-state index contributed by atoms with van der Waals surface area (Å²) in [5.74, 6) is -0.113. The summed E-state index contributed by atoms with van der Waals surface area (Å²) in [6.07, 6.45) is 2.58. The third-order valence-electron chi connectivity index (χ3n) is 2.47. The van der Waals surface area contributed by atoms with Crippen molar-refractivity contribution in [1.29, 1.82) is 0 Å². The molecular formula is C12H12Cl2N2O2. The lowest BCUT2D eigenvalue weighted by molar-refractivity contribution is 0.452. The second-order valence-corrected chi connectivity index (χ2v) is 4.72. The fraction of sp³-hybridized carbons (Fsp3) is 0.333. The van der Waals surface area contributed by atoms with Gasteiger partial charge in [0.1, 0.15) is 0 Å². The molecular weight excluding hydrogens is 275 g/mol. The number of hydrogen-bond donors (Lipinski definition) is 0. The van der Waals surface area contributed by atoms with E-state index in [1.165, 1.54) is 0 Å². The minimum absolute atomic E-state index is 0.361. The number of benzene rings is 1. The second kappa shape index (κ2) is 5.59. The van der Waals surface area contributed by atoms with Crippen LogP contribution in [0.2, 0.25) is 10.0 Å². The molecule has 0 fully saturated rings. The highest BCUT2D eigenvalue weighted by molar-refractivity contribution is 6.35. The Balaban J connectivity index is 2.38. The Morgan fingerprint density at radius 1 is 1.39 bits per heavy atom. The van der Waals surface area contributed by atoms with Gasteiger partial charge in [-0.15, -0.1) is 5.10 Å². The molecule has 0 radical (unpaired) electrons. The summed E-state index contributed by atoms with van der Waals surface area (Å²) in [4.78, 5) is 11.7. The van der Waals surface area contributed by atoms with Crippen LogP contribution in [0.4, 0.5) is 0 Å².